The number of rotatable bonds is 3. The van der Waals surface area contributed by atoms with Crippen LogP contribution in [0.4, 0.5) is 11.4 Å². The number of carbonyl (C=O) groups excluding carboxylic acids is 1. The summed E-state index contributed by atoms with van der Waals surface area (Å²) in [5.41, 5.74) is 6.41. The van der Waals surface area contributed by atoms with Crippen LogP contribution in [0, 0.1) is 11.8 Å². The standard InChI is InChI=1S/C14H18N2O3/c1-8-3-2-4-10(8)13(17)16-12-7-9(15)5-6-11(12)14(18)19/h5-8,10H,2-4,15H2,1H3,(H,16,17)(H,18,19). The van der Waals surface area contributed by atoms with Gasteiger partial charge >= 0.3 is 5.97 Å². The first-order chi connectivity index (χ1) is 8.99. The highest BCUT2D eigenvalue weighted by Crippen LogP contribution is 2.32. The van der Waals surface area contributed by atoms with Gasteiger partial charge in [0.25, 0.3) is 0 Å². The van der Waals surface area contributed by atoms with Crippen molar-refractivity contribution in [2.45, 2.75) is 26.2 Å². The molecule has 0 spiro atoms. The van der Waals surface area contributed by atoms with E-state index in [1.807, 2.05) is 0 Å². The maximum Gasteiger partial charge on any atom is 0.337 e. The van der Waals surface area contributed by atoms with Gasteiger partial charge in [-0.25, -0.2) is 4.79 Å². The number of aromatic carboxylic acids is 1. The van der Waals surface area contributed by atoms with Crippen molar-refractivity contribution < 1.29 is 14.7 Å². The number of carbonyl (C=O) groups is 2. The maximum absolute atomic E-state index is 12.2. The lowest BCUT2D eigenvalue weighted by atomic mass is 9.97. The number of benzene rings is 1. The van der Waals surface area contributed by atoms with Crippen molar-refractivity contribution in [3.63, 3.8) is 0 Å². The fourth-order valence-corrected chi connectivity index (χ4v) is 2.61. The third-order valence-corrected chi connectivity index (χ3v) is 3.73. The normalized spacial score (nSPS) is 22.2. The summed E-state index contributed by atoms with van der Waals surface area (Å²) >= 11 is 0. The minimum atomic E-state index is -1.07. The Bertz CT molecular complexity index is 513. The summed E-state index contributed by atoms with van der Waals surface area (Å²) in [6, 6.07) is 4.41. The molecule has 0 bridgehead atoms. The molecule has 2 atom stereocenters. The number of carboxylic acids is 1. The van der Waals surface area contributed by atoms with Gasteiger partial charge in [0.1, 0.15) is 0 Å². The molecule has 4 N–H and O–H groups in total. The summed E-state index contributed by atoms with van der Waals surface area (Å²) in [4.78, 5) is 23.3. The Kier molecular flexibility index (Phi) is 3.74. The van der Waals surface area contributed by atoms with E-state index in [1.54, 1.807) is 0 Å². The van der Waals surface area contributed by atoms with Gasteiger partial charge in [-0.15, -0.1) is 0 Å². The van der Waals surface area contributed by atoms with Crippen LogP contribution in [0.3, 0.4) is 0 Å². The van der Waals surface area contributed by atoms with Crippen LogP contribution in [0.25, 0.3) is 0 Å². The van der Waals surface area contributed by atoms with Crippen molar-refractivity contribution in [1.29, 1.82) is 0 Å². The van der Waals surface area contributed by atoms with Crippen molar-refractivity contribution in [2.75, 3.05) is 11.1 Å². The molecule has 2 unspecified atom stereocenters. The van der Waals surface area contributed by atoms with Crippen LogP contribution in [0.15, 0.2) is 18.2 Å². The molecule has 0 saturated heterocycles. The smallest absolute Gasteiger partial charge is 0.337 e. The zero-order valence-electron chi connectivity index (χ0n) is 10.8. The van der Waals surface area contributed by atoms with Crippen molar-refractivity contribution in [3.8, 4) is 0 Å². The number of anilines is 2. The molecule has 0 aliphatic heterocycles. The number of nitrogens with two attached hydrogens (primary N) is 1. The SMILES string of the molecule is CC1CCCC1C(=O)Nc1cc(N)ccc1C(=O)O. The second kappa shape index (κ2) is 5.30. The molecular weight excluding hydrogens is 244 g/mol. The van der Waals surface area contributed by atoms with E-state index in [0.717, 1.165) is 19.3 Å². The van der Waals surface area contributed by atoms with Crippen LogP contribution in [0.1, 0.15) is 36.5 Å². The zero-order valence-corrected chi connectivity index (χ0v) is 10.8. The molecule has 0 aromatic heterocycles. The summed E-state index contributed by atoms with van der Waals surface area (Å²) in [7, 11) is 0. The Morgan fingerprint density at radius 3 is 2.68 bits per heavy atom. The molecule has 1 amide bonds. The number of hydrogen-bond donors (Lipinski definition) is 3. The van der Waals surface area contributed by atoms with E-state index in [0.29, 0.717) is 11.6 Å². The van der Waals surface area contributed by atoms with Crippen molar-refractivity contribution in [3.05, 3.63) is 23.8 Å². The van der Waals surface area contributed by atoms with Gasteiger partial charge in [0.15, 0.2) is 0 Å². The first-order valence-electron chi connectivity index (χ1n) is 6.42. The van der Waals surface area contributed by atoms with Crippen molar-refractivity contribution >= 4 is 23.3 Å². The summed E-state index contributed by atoms with van der Waals surface area (Å²) < 4.78 is 0. The maximum atomic E-state index is 12.2. The average molecular weight is 262 g/mol. The van der Waals surface area contributed by atoms with E-state index in [2.05, 4.69) is 12.2 Å². The Morgan fingerprint density at radius 1 is 1.37 bits per heavy atom. The zero-order chi connectivity index (χ0) is 14.0. The predicted molar refractivity (Wildman–Crippen MR) is 72.9 cm³/mol. The summed E-state index contributed by atoms with van der Waals surface area (Å²) in [6.07, 6.45) is 2.94. The van der Waals surface area contributed by atoms with Gasteiger partial charge in [0.2, 0.25) is 5.91 Å². The van der Waals surface area contributed by atoms with E-state index < -0.39 is 5.97 Å². The molecule has 2 rings (SSSR count). The number of hydrogen-bond acceptors (Lipinski definition) is 3. The lowest BCUT2D eigenvalue weighted by Crippen LogP contribution is -2.25. The fraction of sp³-hybridized carbons (Fsp3) is 0.429. The third kappa shape index (κ3) is 2.86. The number of amides is 1. The van der Waals surface area contributed by atoms with Gasteiger partial charge < -0.3 is 16.2 Å². The van der Waals surface area contributed by atoms with Gasteiger partial charge in [-0.05, 0) is 37.0 Å². The summed E-state index contributed by atoms with van der Waals surface area (Å²) in [6.45, 7) is 2.05. The molecule has 1 aliphatic carbocycles. The first kappa shape index (κ1) is 13.4. The lowest BCUT2D eigenvalue weighted by molar-refractivity contribution is -0.120. The highest BCUT2D eigenvalue weighted by Gasteiger charge is 2.30. The van der Waals surface area contributed by atoms with Crippen LogP contribution in [0.2, 0.25) is 0 Å². The Morgan fingerprint density at radius 2 is 2.11 bits per heavy atom. The highest BCUT2D eigenvalue weighted by molar-refractivity contribution is 6.01. The van der Waals surface area contributed by atoms with E-state index in [9.17, 15) is 9.59 Å². The van der Waals surface area contributed by atoms with Gasteiger partial charge in [-0.3, -0.25) is 4.79 Å². The molecule has 5 heteroatoms. The van der Waals surface area contributed by atoms with Gasteiger partial charge in [-0.1, -0.05) is 13.3 Å². The van der Waals surface area contributed by atoms with Gasteiger partial charge in [0.05, 0.1) is 11.3 Å². The third-order valence-electron chi connectivity index (χ3n) is 3.73. The second-order valence-corrected chi connectivity index (χ2v) is 5.11. The predicted octanol–water partition coefficient (Wildman–Crippen LogP) is 2.34. The summed E-state index contributed by atoms with van der Waals surface area (Å²) in [5.74, 6) is -0.884. The fourth-order valence-electron chi connectivity index (χ4n) is 2.61. The molecular formula is C14H18N2O3. The van der Waals surface area contributed by atoms with E-state index in [4.69, 9.17) is 10.8 Å². The molecule has 1 saturated carbocycles. The van der Waals surface area contributed by atoms with Crippen LogP contribution in [-0.2, 0) is 4.79 Å². The van der Waals surface area contributed by atoms with Crippen LogP contribution >= 0.6 is 0 Å². The molecule has 1 fully saturated rings. The van der Waals surface area contributed by atoms with Crippen molar-refractivity contribution in [2.24, 2.45) is 11.8 Å². The topological polar surface area (TPSA) is 92.4 Å². The molecule has 1 aromatic rings. The molecule has 19 heavy (non-hydrogen) atoms. The Balaban J connectivity index is 2.20. The van der Waals surface area contributed by atoms with Crippen LogP contribution in [0.5, 0.6) is 0 Å². The number of nitrogen functional groups attached to an aromatic ring is 1. The second-order valence-electron chi connectivity index (χ2n) is 5.11. The molecule has 1 aliphatic rings. The van der Waals surface area contributed by atoms with Crippen LogP contribution < -0.4 is 11.1 Å². The number of nitrogens with one attached hydrogen (secondary N) is 1. The quantitative estimate of drug-likeness (QED) is 0.729. The van der Waals surface area contributed by atoms with Crippen molar-refractivity contribution in [1.82, 2.24) is 0 Å². The molecule has 102 valence electrons. The van der Waals surface area contributed by atoms with E-state index in [-0.39, 0.29) is 23.1 Å². The Labute approximate surface area is 111 Å². The van der Waals surface area contributed by atoms with Crippen LogP contribution in [-0.4, -0.2) is 17.0 Å². The minimum absolute atomic E-state index is 0.0388. The summed E-state index contributed by atoms with van der Waals surface area (Å²) in [5, 5.41) is 11.8. The largest absolute Gasteiger partial charge is 0.478 e. The monoisotopic (exact) mass is 262 g/mol. The highest BCUT2D eigenvalue weighted by atomic mass is 16.4. The molecule has 0 heterocycles. The molecule has 5 nitrogen and oxygen atoms in total. The van der Waals surface area contributed by atoms with E-state index in [1.165, 1.54) is 18.2 Å². The average Bonchev–Trinajstić information content (AvgIpc) is 2.75. The molecule has 1 aromatic carbocycles. The minimum Gasteiger partial charge on any atom is -0.478 e. The Hall–Kier alpha value is -2.04. The van der Waals surface area contributed by atoms with Gasteiger partial charge in [0, 0.05) is 11.6 Å². The molecule has 0 radical (unpaired) electrons. The van der Waals surface area contributed by atoms with E-state index >= 15 is 0 Å². The first-order valence-corrected chi connectivity index (χ1v) is 6.42. The lowest BCUT2D eigenvalue weighted by Gasteiger charge is -2.16. The van der Waals surface area contributed by atoms with Gasteiger partial charge in [-0.2, -0.15) is 0 Å². The number of carboxylic acid groups (broad SMARTS) is 1.